The molecule has 2 aliphatic heterocycles. The van der Waals surface area contributed by atoms with Crippen LogP contribution in [0, 0.1) is 5.82 Å². The lowest BCUT2D eigenvalue weighted by atomic mass is 10.0. The first-order valence-corrected chi connectivity index (χ1v) is 9.08. The van der Waals surface area contributed by atoms with Gasteiger partial charge in [-0.15, -0.1) is 0 Å². The van der Waals surface area contributed by atoms with Gasteiger partial charge >= 0.3 is 24.3 Å². The zero-order chi connectivity index (χ0) is 22.1. The molecule has 0 spiro atoms. The Morgan fingerprint density at radius 3 is 2.50 bits per heavy atom. The number of para-hydroxylation sites is 1. The standard InChI is InChI=1S/C18H19F4N3O5/c1-29-15(26)13-9-30-17(28)25(13)10-5-7-24(8-6-10)16(27)23-14-11(18(20,21)22)3-2-4-12(14)19/h2-4,10,13H,5-9H2,1H3,(H,23,27)/t13-/m0/s1. The van der Waals surface area contributed by atoms with Gasteiger partial charge in [-0.2, -0.15) is 13.2 Å². The number of nitrogens with one attached hydrogen (secondary N) is 1. The molecule has 2 fully saturated rings. The van der Waals surface area contributed by atoms with Crippen molar-refractivity contribution in [3.63, 3.8) is 0 Å². The predicted molar refractivity (Wildman–Crippen MR) is 94.0 cm³/mol. The molecule has 2 heterocycles. The van der Waals surface area contributed by atoms with Gasteiger partial charge in [0.05, 0.1) is 18.4 Å². The van der Waals surface area contributed by atoms with E-state index in [0.717, 1.165) is 12.1 Å². The van der Waals surface area contributed by atoms with Gasteiger partial charge in [0.1, 0.15) is 12.4 Å². The van der Waals surface area contributed by atoms with Crippen molar-refractivity contribution in [3.8, 4) is 0 Å². The van der Waals surface area contributed by atoms with E-state index >= 15 is 0 Å². The number of amides is 3. The molecule has 1 aromatic carbocycles. The molecule has 1 N–H and O–H groups in total. The number of halogens is 4. The quantitative estimate of drug-likeness (QED) is 0.585. The van der Waals surface area contributed by atoms with Crippen LogP contribution < -0.4 is 5.32 Å². The van der Waals surface area contributed by atoms with Crippen LogP contribution in [0.15, 0.2) is 18.2 Å². The summed E-state index contributed by atoms with van der Waals surface area (Å²) in [6.07, 6.45) is -4.98. The first-order valence-electron chi connectivity index (χ1n) is 9.08. The summed E-state index contributed by atoms with van der Waals surface area (Å²) in [5.41, 5.74) is -2.22. The largest absolute Gasteiger partial charge is 0.467 e. The number of hydrogen-bond acceptors (Lipinski definition) is 5. The van der Waals surface area contributed by atoms with Crippen molar-refractivity contribution < 1.29 is 41.4 Å². The third-order valence-corrected chi connectivity index (χ3v) is 5.08. The Hall–Kier alpha value is -3.05. The first-order chi connectivity index (χ1) is 14.1. The second kappa shape index (κ2) is 8.36. The van der Waals surface area contributed by atoms with Gasteiger partial charge in [0.25, 0.3) is 0 Å². The van der Waals surface area contributed by atoms with Gasteiger partial charge in [0, 0.05) is 19.1 Å². The number of hydrogen-bond donors (Lipinski definition) is 1. The lowest BCUT2D eigenvalue weighted by Gasteiger charge is -2.37. The van der Waals surface area contributed by atoms with Crippen LogP contribution in [-0.2, 0) is 20.4 Å². The fourth-order valence-corrected chi connectivity index (χ4v) is 3.57. The molecule has 0 radical (unpaired) electrons. The molecule has 0 aliphatic carbocycles. The van der Waals surface area contributed by atoms with E-state index in [4.69, 9.17) is 4.74 Å². The number of methoxy groups -OCH3 is 1. The van der Waals surface area contributed by atoms with Crippen molar-refractivity contribution >= 4 is 23.8 Å². The number of rotatable bonds is 3. The molecule has 3 rings (SSSR count). The summed E-state index contributed by atoms with van der Waals surface area (Å²) in [5, 5.41) is 2.00. The van der Waals surface area contributed by atoms with Crippen molar-refractivity contribution in [3.05, 3.63) is 29.6 Å². The Kier molecular flexibility index (Phi) is 6.04. The highest BCUT2D eigenvalue weighted by atomic mass is 19.4. The van der Waals surface area contributed by atoms with Crippen molar-refractivity contribution in [1.82, 2.24) is 9.80 Å². The number of likely N-dealkylation sites (tertiary alicyclic amines) is 1. The van der Waals surface area contributed by atoms with E-state index in [2.05, 4.69) is 4.74 Å². The Balaban J connectivity index is 1.66. The van der Waals surface area contributed by atoms with E-state index in [1.165, 1.54) is 16.9 Å². The van der Waals surface area contributed by atoms with E-state index in [1.54, 1.807) is 0 Å². The number of carbonyl (C=O) groups is 3. The fourth-order valence-electron chi connectivity index (χ4n) is 3.57. The second-order valence-corrected chi connectivity index (χ2v) is 6.83. The van der Waals surface area contributed by atoms with Crippen molar-refractivity contribution in [2.45, 2.75) is 31.1 Å². The Morgan fingerprint density at radius 2 is 1.90 bits per heavy atom. The van der Waals surface area contributed by atoms with E-state index in [9.17, 15) is 31.9 Å². The highest BCUT2D eigenvalue weighted by Gasteiger charge is 2.44. The molecule has 1 aromatic rings. The summed E-state index contributed by atoms with van der Waals surface area (Å²) >= 11 is 0. The highest BCUT2D eigenvalue weighted by molar-refractivity contribution is 5.90. The number of urea groups is 1. The summed E-state index contributed by atoms with van der Waals surface area (Å²) in [5.74, 6) is -1.82. The Labute approximate surface area is 168 Å². The predicted octanol–water partition coefficient (Wildman–Crippen LogP) is 2.83. The normalized spacial score (nSPS) is 20.2. The molecular weight excluding hydrogens is 414 g/mol. The molecule has 30 heavy (non-hydrogen) atoms. The van der Waals surface area contributed by atoms with Gasteiger partial charge in [-0.25, -0.2) is 18.8 Å². The van der Waals surface area contributed by atoms with Crippen LogP contribution in [0.5, 0.6) is 0 Å². The molecule has 12 heteroatoms. The zero-order valence-corrected chi connectivity index (χ0v) is 15.9. The van der Waals surface area contributed by atoms with Crippen LogP contribution in [0.4, 0.5) is 32.8 Å². The molecule has 0 unspecified atom stereocenters. The fraction of sp³-hybridized carbons (Fsp3) is 0.500. The molecule has 0 aromatic heterocycles. The maximum atomic E-state index is 13.9. The van der Waals surface area contributed by atoms with Crippen LogP contribution in [0.1, 0.15) is 18.4 Å². The van der Waals surface area contributed by atoms with E-state index in [0.29, 0.717) is 6.07 Å². The number of anilines is 1. The minimum atomic E-state index is -4.84. The summed E-state index contributed by atoms with van der Waals surface area (Å²) in [6, 6.07) is 0.219. The van der Waals surface area contributed by atoms with Gasteiger partial charge in [-0.1, -0.05) is 6.07 Å². The monoisotopic (exact) mass is 433 g/mol. The maximum absolute atomic E-state index is 13.9. The topological polar surface area (TPSA) is 88.2 Å². The molecule has 0 saturated carbocycles. The van der Waals surface area contributed by atoms with Crippen LogP contribution in [0.3, 0.4) is 0 Å². The molecule has 164 valence electrons. The highest BCUT2D eigenvalue weighted by Crippen LogP contribution is 2.36. The lowest BCUT2D eigenvalue weighted by molar-refractivity contribution is -0.146. The summed E-state index contributed by atoms with van der Waals surface area (Å²) in [7, 11) is 1.19. The molecular formula is C18H19F4N3O5. The van der Waals surface area contributed by atoms with Gasteiger partial charge < -0.3 is 19.7 Å². The van der Waals surface area contributed by atoms with Crippen LogP contribution >= 0.6 is 0 Å². The lowest BCUT2D eigenvalue weighted by Crippen LogP contribution is -2.52. The number of benzene rings is 1. The summed E-state index contributed by atoms with van der Waals surface area (Å²) in [4.78, 5) is 38.7. The average Bonchev–Trinajstić information content (AvgIpc) is 3.09. The minimum absolute atomic E-state index is 0.0873. The SMILES string of the molecule is COC(=O)[C@@H]1COC(=O)N1C1CCN(C(=O)Nc2c(F)cccc2C(F)(F)F)CC1. The average molecular weight is 433 g/mol. The van der Waals surface area contributed by atoms with Crippen LogP contribution in [-0.4, -0.2) is 66.8 Å². The number of alkyl halides is 3. The third kappa shape index (κ3) is 4.26. The maximum Gasteiger partial charge on any atom is 0.418 e. The number of cyclic esters (lactones) is 1. The van der Waals surface area contributed by atoms with E-state index < -0.39 is 53.4 Å². The molecule has 2 aliphatic rings. The van der Waals surface area contributed by atoms with Crippen molar-refractivity contribution in [1.29, 1.82) is 0 Å². The number of piperidine rings is 1. The molecule has 0 bridgehead atoms. The van der Waals surface area contributed by atoms with E-state index in [-0.39, 0.29) is 32.5 Å². The van der Waals surface area contributed by atoms with Crippen LogP contribution in [0.25, 0.3) is 0 Å². The third-order valence-electron chi connectivity index (χ3n) is 5.08. The van der Waals surface area contributed by atoms with Gasteiger partial charge in [0.2, 0.25) is 0 Å². The number of nitrogens with zero attached hydrogens (tertiary/aromatic N) is 2. The van der Waals surface area contributed by atoms with Crippen LogP contribution in [0.2, 0.25) is 0 Å². The number of esters is 1. The van der Waals surface area contributed by atoms with Gasteiger partial charge in [-0.3, -0.25) is 4.90 Å². The van der Waals surface area contributed by atoms with Crippen molar-refractivity contribution in [2.24, 2.45) is 0 Å². The van der Waals surface area contributed by atoms with Crippen molar-refractivity contribution in [2.75, 3.05) is 32.1 Å². The number of carbonyl (C=O) groups excluding carboxylic acids is 3. The second-order valence-electron chi connectivity index (χ2n) is 6.83. The Morgan fingerprint density at radius 1 is 1.23 bits per heavy atom. The van der Waals surface area contributed by atoms with Gasteiger partial charge in [0.15, 0.2) is 6.04 Å². The molecule has 8 nitrogen and oxygen atoms in total. The zero-order valence-electron chi connectivity index (χ0n) is 15.9. The Bertz CT molecular complexity index is 840. The minimum Gasteiger partial charge on any atom is -0.467 e. The molecule has 1 atom stereocenters. The number of ether oxygens (including phenoxy) is 2. The smallest absolute Gasteiger partial charge is 0.418 e. The summed E-state index contributed by atoms with van der Waals surface area (Å²) < 4.78 is 62.8. The molecule has 3 amide bonds. The molecule has 2 saturated heterocycles. The first kappa shape index (κ1) is 21.7. The summed E-state index contributed by atoms with van der Waals surface area (Å²) in [6.45, 7) is 0.0354. The van der Waals surface area contributed by atoms with Gasteiger partial charge in [-0.05, 0) is 25.0 Å². The van der Waals surface area contributed by atoms with E-state index in [1.807, 2.05) is 5.32 Å².